The van der Waals surface area contributed by atoms with E-state index in [-0.39, 0.29) is 11.8 Å². The summed E-state index contributed by atoms with van der Waals surface area (Å²) in [5.41, 5.74) is 2.85. The number of amides is 2. The molecule has 8 nitrogen and oxygen atoms in total. The van der Waals surface area contributed by atoms with Crippen molar-refractivity contribution in [1.29, 1.82) is 0 Å². The molecule has 1 saturated heterocycles. The van der Waals surface area contributed by atoms with E-state index in [9.17, 15) is 9.59 Å². The first-order chi connectivity index (χ1) is 19.5. The van der Waals surface area contributed by atoms with Gasteiger partial charge in [0.15, 0.2) is 0 Å². The van der Waals surface area contributed by atoms with Gasteiger partial charge < -0.3 is 24.6 Å². The van der Waals surface area contributed by atoms with Crippen LogP contribution in [-0.2, 0) is 4.79 Å². The van der Waals surface area contributed by atoms with Crippen molar-refractivity contribution in [3.63, 3.8) is 0 Å². The summed E-state index contributed by atoms with van der Waals surface area (Å²) >= 11 is 0. The van der Waals surface area contributed by atoms with Gasteiger partial charge in [0.05, 0.1) is 26.2 Å². The second-order valence-electron chi connectivity index (χ2n) is 10.4. The fraction of sp³-hybridized carbons (Fsp3) is 0.375. The van der Waals surface area contributed by atoms with Crippen LogP contribution in [0, 0.1) is 0 Å². The Morgan fingerprint density at radius 3 is 2.15 bits per heavy atom. The van der Waals surface area contributed by atoms with Crippen LogP contribution in [0.5, 0.6) is 11.5 Å². The van der Waals surface area contributed by atoms with Crippen LogP contribution in [0.25, 0.3) is 0 Å². The van der Waals surface area contributed by atoms with Crippen molar-refractivity contribution >= 4 is 17.5 Å². The summed E-state index contributed by atoms with van der Waals surface area (Å²) in [5.74, 6) is 0.600. The van der Waals surface area contributed by atoms with E-state index in [1.165, 1.54) is 0 Å². The third kappa shape index (κ3) is 5.83. The SMILES string of the molecule is COc1ccc(C2C(C(=O)NCCCN3CCN(C)CC3)c3ccccc3C(=O)N2c2ccc(OC)cc2)cc1. The molecule has 0 radical (unpaired) electrons. The summed E-state index contributed by atoms with van der Waals surface area (Å²) in [7, 11) is 5.39. The predicted molar refractivity (Wildman–Crippen MR) is 156 cm³/mol. The van der Waals surface area contributed by atoms with E-state index < -0.39 is 12.0 Å². The highest BCUT2D eigenvalue weighted by molar-refractivity contribution is 6.11. The summed E-state index contributed by atoms with van der Waals surface area (Å²) in [4.78, 5) is 34.6. The number of hydrogen-bond donors (Lipinski definition) is 1. The molecule has 0 aliphatic carbocycles. The minimum atomic E-state index is -0.590. The maximum absolute atomic E-state index is 14.0. The number of fused-ring (bicyclic) bond motifs is 1. The molecule has 0 aromatic heterocycles. The first-order valence-corrected chi connectivity index (χ1v) is 13.9. The van der Waals surface area contributed by atoms with Crippen molar-refractivity contribution in [3.05, 3.63) is 89.5 Å². The zero-order valence-corrected chi connectivity index (χ0v) is 23.5. The number of carbonyl (C=O) groups is 2. The molecule has 2 amide bonds. The molecule has 40 heavy (non-hydrogen) atoms. The zero-order valence-electron chi connectivity index (χ0n) is 23.5. The van der Waals surface area contributed by atoms with E-state index in [1.807, 2.05) is 72.8 Å². The number of carbonyl (C=O) groups excluding carboxylic acids is 2. The van der Waals surface area contributed by atoms with Gasteiger partial charge in [0.2, 0.25) is 5.91 Å². The number of likely N-dealkylation sites (N-methyl/N-ethyl adjacent to an activating group) is 1. The molecular weight excluding hydrogens is 504 g/mol. The average Bonchev–Trinajstić information content (AvgIpc) is 3.00. The Morgan fingerprint density at radius 1 is 0.875 bits per heavy atom. The molecule has 1 N–H and O–H groups in total. The number of benzene rings is 3. The van der Waals surface area contributed by atoms with Crippen molar-refractivity contribution in [2.24, 2.45) is 0 Å². The smallest absolute Gasteiger partial charge is 0.259 e. The molecule has 8 heteroatoms. The first kappa shape index (κ1) is 27.7. The average molecular weight is 543 g/mol. The van der Waals surface area contributed by atoms with Crippen molar-refractivity contribution in [1.82, 2.24) is 15.1 Å². The van der Waals surface area contributed by atoms with Crippen LogP contribution in [0.15, 0.2) is 72.8 Å². The Kier molecular flexibility index (Phi) is 8.67. The quantitative estimate of drug-likeness (QED) is 0.413. The molecule has 0 saturated carbocycles. The number of ether oxygens (including phenoxy) is 2. The molecule has 2 atom stereocenters. The highest BCUT2D eigenvalue weighted by Crippen LogP contribution is 2.45. The van der Waals surface area contributed by atoms with Crippen molar-refractivity contribution in [2.45, 2.75) is 18.4 Å². The number of nitrogens with one attached hydrogen (secondary N) is 1. The molecular formula is C32H38N4O4. The van der Waals surface area contributed by atoms with Crippen molar-refractivity contribution in [2.75, 3.05) is 65.4 Å². The van der Waals surface area contributed by atoms with Gasteiger partial charge in [0.25, 0.3) is 5.91 Å². The fourth-order valence-electron chi connectivity index (χ4n) is 5.68. The monoisotopic (exact) mass is 542 g/mol. The Hall–Kier alpha value is -3.88. The fourth-order valence-corrected chi connectivity index (χ4v) is 5.68. The molecule has 1 fully saturated rings. The summed E-state index contributed by atoms with van der Waals surface area (Å²) in [5, 5.41) is 3.21. The van der Waals surface area contributed by atoms with E-state index >= 15 is 0 Å². The van der Waals surface area contributed by atoms with Gasteiger partial charge in [-0.05, 0) is 73.6 Å². The molecule has 2 unspecified atom stereocenters. The van der Waals surface area contributed by atoms with Crippen LogP contribution >= 0.6 is 0 Å². The predicted octanol–water partition coefficient (Wildman–Crippen LogP) is 3.94. The van der Waals surface area contributed by atoms with Gasteiger partial charge in [-0.15, -0.1) is 0 Å². The molecule has 5 rings (SSSR count). The summed E-state index contributed by atoms with van der Waals surface area (Å²) in [6, 6.07) is 21.9. The van der Waals surface area contributed by atoms with E-state index in [1.54, 1.807) is 19.1 Å². The molecule has 0 bridgehead atoms. The van der Waals surface area contributed by atoms with Crippen LogP contribution in [-0.4, -0.2) is 82.1 Å². The lowest BCUT2D eigenvalue weighted by molar-refractivity contribution is -0.123. The first-order valence-electron chi connectivity index (χ1n) is 13.9. The van der Waals surface area contributed by atoms with Crippen molar-refractivity contribution < 1.29 is 19.1 Å². The van der Waals surface area contributed by atoms with Gasteiger partial charge in [0.1, 0.15) is 11.5 Å². The molecule has 210 valence electrons. The Labute approximate surface area is 236 Å². The second kappa shape index (κ2) is 12.5. The molecule has 2 heterocycles. The molecule has 2 aliphatic heterocycles. The number of piperazine rings is 1. The van der Waals surface area contributed by atoms with Gasteiger partial charge >= 0.3 is 0 Å². The van der Waals surface area contributed by atoms with Gasteiger partial charge in [0, 0.05) is 44.0 Å². The molecule has 2 aliphatic rings. The zero-order chi connectivity index (χ0) is 28.1. The second-order valence-corrected chi connectivity index (χ2v) is 10.4. The molecule has 3 aromatic carbocycles. The summed E-state index contributed by atoms with van der Waals surface area (Å²) in [6.07, 6.45) is 0.873. The van der Waals surface area contributed by atoms with Crippen LogP contribution in [0.1, 0.15) is 39.9 Å². The topological polar surface area (TPSA) is 74.4 Å². The highest BCUT2D eigenvalue weighted by Gasteiger charge is 2.44. The third-order valence-electron chi connectivity index (χ3n) is 7.98. The minimum absolute atomic E-state index is 0.0855. The maximum Gasteiger partial charge on any atom is 0.259 e. The number of anilines is 1. The van der Waals surface area contributed by atoms with E-state index in [2.05, 4.69) is 22.2 Å². The lowest BCUT2D eigenvalue weighted by atomic mass is 9.78. The van der Waals surface area contributed by atoms with Crippen LogP contribution in [0.4, 0.5) is 5.69 Å². The van der Waals surface area contributed by atoms with E-state index in [0.717, 1.165) is 50.3 Å². The van der Waals surface area contributed by atoms with Gasteiger partial charge in [-0.1, -0.05) is 30.3 Å². The Bertz CT molecular complexity index is 1300. The maximum atomic E-state index is 14.0. The minimum Gasteiger partial charge on any atom is -0.497 e. The highest BCUT2D eigenvalue weighted by atomic mass is 16.5. The Balaban J connectivity index is 1.46. The Morgan fingerprint density at radius 2 is 1.50 bits per heavy atom. The largest absolute Gasteiger partial charge is 0.497 e. The third-order valence-corrected chi connectivity index (χ3v) is 7.98. The number of nitrogens with zero attached hydrogens (tertiary/aromatic N) is 3. The number of rotatable bonds is 9. The van der Waals surface area contributed by atoms with E-state index in [4.69, 9.17) is 9.47 Å². The van der Waals surface area contributed by atoms with Crippen molar-refractivity contribution in [3.8, 4) is 11.5 Å². The van der Waals surface area contributed by atoms with Crippen LogP contribution in [0.3, 0.4) is 0 Å². The standard InChI is InChI=1S/C32H38N4O4/c1-34-19-21-35(22-20-34)18-6-17-33-31(37)29-27-7-4-5-8-28(27)32(38)36(24-11-15-26(40-3)16-12-24)30(29)23-9-13-25(39-2)14-10-23/h4-5,7-16,29-30H,6,17-22H2,1-3H3,(H,33,37). The van der Waals surface area contributed by atoms with E-state index in [0.29, 0.717) is 29.3 Å². The van der Waals surface area contributed by atoms with Crippen LogP contribution in [0.2, 0.25) is 0 Å². The number of hydrogen-bond acceptors (Lipinski definition) is 6. The van der Waals surface area contributed by atoms with Gasteiger partial charge in [-0.25, -0.2) is 0 Å². The van der Waals surface area contributed by atoms with Gasteiger partial charge in [-0.2, -0.15) is 0 Å². The normalized spacial score (nSPS) is 19.7. The molecule has 3 aromatic rings. The summed E-state index contributed by atoms with van der Waals surface area (Å²) in [6.45, 7) is 5.79. The summed E-state index contributed by atoms with van der Waals surface area (Å²) < 4.78 is 10.7. The van der Waals surface area contributed by atoms with Gasteiger partial charge in [-0.3, -0.25) is 14.5 Å². The molecule has 0 spiro atoms. The lowest BCUT2D eigenvalue weighted by Crippen LogP contribution is -2.48. The lowest BCUT2D eigenvalue weighted by Gasteiger charge is -2.42. The number of methoxy groups -OCH3 is 2. The van der Waals surface area contributed by atoms with Crippen LogP contribution < -0.4 is 19.7 Å².